The molecule has 0 aliphatic heterocycles. The van der Waals surface area contributed by atoms with Crippen LogP contribution in [-0.2, 0) is 9.53 Å². The summed E-state index contributed by atoms with van der Waals surface area (Å²) in [6.07, 6.45) is 0. The van der Waals surface area contributed by atoms with Gasteiger partial charge in [-0.1, -0.05) is 0 Å². The van der Waals surface area contributed by atoms with Crippen LogP contribution in [0.1, 0.15) is 11.8 Å². The molecule has 1 N–H and O–H groups in total. The predicted molar refractivity (Wildman–Crippen MR) is 54.2 cm³/mol. The fraction of sp³-hybridized carbons (Fsp3) is 0.444. The molecule has 4 heteroatoms. The van der Waals surface area contributed by atoms with Crippen molar-refractivity contribution in [3.63, 3.8) is 0 Å². The maximum absolute atomic E-state index is 11.0. The van der Waals surface area contributed by atoms with Crippen LogP contribution in [0.25, 0.3) is 0 Å². The third-order valence-electron chi connectivity index (χ3n) is 1.65. The van der Waals surface area contributed by atoms with E-state index < -0.39 is 0 Å². The Bertz CT molecular complexity index is 296. The van der Waals surface area contributed by atoms with E-state index >= 15 is 0 Å². The Morgan fingerprint density at radius 3 is 2.77 bits per heavy atom. The molecule has 0 radical (unpaired) electrons. The van der Waals surface area contributed by atoms with E-state index in [-0.39, 0.29) is 12.0 Å². The number of aryl methyl sites for hydroxylation is 1. The highest BCUT2D eigenvalue weighted by atomic mass is 32.1. The van der Waals surface area contributed by atoms with Crippen molar-refractivity contribution in [1.29, 1.82) is 0 Å². The standard InChI is InChI=1S/C9H13NO2S/c1-6-4-5-8(13-6)10-7(2)9(11)12-3/h4-5,7,10H,1-3H3/t7-/m0/s1. The van der Waals surface area contributed by atoms with Crippen LogP contribution < -0.4 is 5.32 Å². The fourth-order valence-electron chi connectivity index (χ4n) is 0.961. The maximum Gasteiger partial charge on any atom is 0.328 e. The SMILES string of the molecule is COC(=O)[C@H](C)Nc1ccc(C)s1. The summed E-state index contributed by atoms with van der Waals surface area (Å²) in [6, 6.07) is 3.68. The second-order valence-electron chi connectivity index (χ2n) is 2.80. The van der Waals surface area contributed by atoms with Crippen molar-refractivity contribution < 1.29 is 9.53 Å². The normalized spacial score (nSPS) is 12.2. The van der Waals surface area contributed by atoms with Gasteiger partial charge >= 0.3 is 5.97 Å². The molecule has 1 aromatic rings. The molecular formula is C9H13NO2S. The van der Waals surface area contributed by atoms with Crippen molar-refractivity contribution in [3.05, 3.63) is 17.0 Å². The molecule has 0 bridgehead atoms. The molecule has 0 saturated carbocycles. The van der Waals surface area contributed by atoms with Crippen LogP contribution >= 0.6 is 11.3 Å². The Hall–Kier alpha value is -1.03. The molecule has 3 nitrogen and oxygen atoms in total. The molecule has 1 heterocycles. The summed E-state index contributed by atoms with van der Waals surface area (Å²) < 4.78 is 4.59. The number of anilines is 1. The highest BCUT2D eigenvalue weighted by Gasteiger charge is 2.12. The quantitative estimate of drug-likeness (QED) is 0.757. The van der Waals surface area contributed by atoms with Crippen molar-refractivity contribution in [2.45, 2.75) is 19.9 Å². The number of ether oxygens (including phenoxy) is 1. The van der Waals surface area contributed by atoms with E-state index in [1.165, 1.54) is 12.0 Å². The minimum absolute atomic E-state index is 0.244. The van der Waals surface area contributed by atoms with E-state index in [1.54, 1.807) is 18.3 Å². The molecule has 0 spiro atoms. The molecule has 72 valence electrons. The lowest BCUT2D eigenvalue weighted by Gasteiger charge is -2.10. The number of rotatable bonds is 3. The summed E-state index contributed by atoms with van der Waals surface area (Å²) >= 11 is 1.63. The summed E-state index contributed by atoms with van der Waals surface area (Å²) in [5.74, 6) is -0.244. The van der Waals surface area contributed by atoms with Crippen LogP contribution in [0.5, 0.6) is 0 Å². The lowest BCUT2D eigenvalue weighted by atomic mass is 10.3. The van der Waals surface area contributed by atoms with Gasteiger partial charge in [0.1, 0.15) is 6.04 Å². The van der Waals surface area contributed by atoms with Gasteiger partial charge in [-0.2, -0.15) is 0 Å². The zero-order valence-electron chi connectivity index (χ0n) is 7.96. The molecule has 0 aliphatic carbocycles. The molecule has 0 aromatic carbocycles. The largest absolute Gasteiger partial charge is 0.467 e. The van der Waals surface area contributed by atoms with Crippen LogP contribution in [0.3, 0.4) is 0 Å². The number of methoxy groups -OCH3 is 1. The molecule has 0 saturated heterocycles. The summed E-state index contributed by atoms with van der Waals surface area (Å²) in [4.78, 5) is 12.3. The highest BCUT2D eigenvalue weighted by molar-refractivity contribution is 7.16. The minimum Gasteiger partial charge on any atom is -0.467 e. The van der Waals surface area contributed by atoms with E-state index in [9.17, 15) is 4.79 Å². The molecule has 1 aromatic heterocycles. The van der Waals surface area contributed by atoms with Crippen molar-refractivity contribution in [3.8, 4) is 0 Å². The van der Waals surface area contributed by atoms with Crippen LogP contribution in [0.15, 0.2) is 12.1 Å². The summed E-state index contributed by atoms with van der Waals surface area (Å²) in [7, 11) is 1.39. The zero-order valence-corrected chi connectivity index (χ0v) is 8.77. The Morgan fingerprint density at radius 2 is 2.31 bits per heavy atom. The van der Waals surface area contributed by atoms with E-state index in [2.05, 4.69) is 10.1 Å². The van der Waals surface area contributed by atoms with Crippen LogP contribution in [0.2, 0.25) is 0 Å². The lowest BCUT2D eigenvalue weighted by molar-refractivity contribution is -0.141. The first-order chi connectivity index (χ1) is 6.13. The van der Waals surface area contributed by atoms with Gasteiger partial charge < -0.3 is 10.1 Å². The van der Waals surface area contributed by atoms with Gasteiger partial charge in [0.15, 0.2) is 0 Å². The fourth-order valence-corrected chi connectivity index (χ4v) is 1.82. The number of nitrogens with one attached hydrogen (secondary N) is 1. The first-order valence-electron chi connectivity index (χ1n) is 4.04. The van der Waals surface area contributed by atoms with Crippen LogP contribution in [0, 0.1) is 6.92 Å². The Morgan fingerprint density at radius 1 is 1.62 bits per heavy atom. The van der Waals surface area contributed by atoms with Gasteiger partial charge in [0.25, 0.3) is 0 Å². The third-order valence-corrected chi connectivity index (χ3v) is 2.59. The monoisotopic (exact) mass is 199 g/mol. The molecule has 1 atom stereocenters. The van der Waals surface area contributed by atoms with E-state index in [1.807, 2.05) is 19.1 Å². The van der Waals surface area contributed by atoms with Crippen molar-refractivity contribution in [1.82, 2.24) is 0 Å². The minimum atomic E-state index is -0.289. The van der Waals surface area contributed by atoms with Gasteiger partial charge in [0.05, 0.1) is 12.1 Å². The van der Waals surface area contributed by atoms with Gasteiger partial charge in [-0.3, -0.25) is 0 Å². The first-order valence-corrected chi connectivity index (χ1v) is 4.86. The molecule has 1 rings (SSSR count). The second kappa shape index (κ2) is 4.28. The number of thiophene rings is 1. The molecule has 0 aliphatic rings. The number of carbonyl (C=O) groups excluding carboxylic acids is 1. The average molecular weight is 199 g/mol. The van der Waals surface area contributed by atoms with E-state index in [0.29, 0.717) is 0 Å². The number of hydrogen-bond donors (Lipinski definition) is 1. The van der Waals surface area contributed by atoms with Gasteiger partial charge in [0.2, 0.25) is 0 Å². The maximum atomic E-state index is 11.0. The number of esters is 1. The smallest absolute Gasteiger partial charge is 0.328 e. The average Bonchev–Trinajstić information content (AvgIpc) is 2.49. The molecule has 0 unspecified atom stereocenters. The zero-order chi connectivity index (χ0) is 9.84. The van der Waals surface area contributed by atoms with Gasteiger partial charge in [-0.25, -0.2) is 4.79 Å². The number of carbonyl (C=O) groups is 1. The van der Waals surface area contributed by atoms with Crippen LogP contribution in [-0.4, -0.2) is 19.1 Å². The Labute approximate surface area is 81.7 Å². The lowest BCUT2D eigenvalue weighted by Crippen LogP contribution is -2.26. The molecule has 0 fully saturated rings. The topological polar surface area (TPSA) is 38.3 Å². The van der Waals surface area contributed by atoms with Gasteiger partial charge in [0, 0.05) is 4.88 Å². The highest BCUT2D eigenvalue weighted by Crippen LogP contribution is 2.21. The molecular weight excluding hydrogens is 186 g/mol. The van der Waals surface area contributed by atoms with E-state index in [0.717, 1.165) is 5.00 Å². The van der Waals surface area contributed by atoms with Gasteiger partial charge in [-0.15, -0.1) is 11.3 Å². The number of hydrogen-bond acceptors (Lipinski definition) is 4. The predicted octanol–water partition coefficient (Wildman–Crippen LogP) is 2.03. The van der Waals surface area contributed by atoms with Crippen molar-refractivity contribution in [2.75, 3.05) is 12.4 Å². The Kier molecular flexibility index (Phi) is 3.31. The Balaban J connectivity index is 2.54. The summed E-state index contributed by atoms with van der Waals surface area (Å²) in [5.41, 5.74) is 0. The first kappa shape index (κ1) is 10.1. The van der Waals surface area contributed by atoms with Crippen LogP contribution in [0.4, 0.5) is 5.00 Å². The van der Waals surface area contributed by atoms with Crippen molar-refractivity contribution >= 4 is 22.3 Å². The second-order valence-corrected chi connectivity index (χ2v) is 4.09. The summed E-state index contributed by atoms with van der Waals surface area (Å²) in [5, 5.41) is 4.05. The van der Waals surface area contributed by atoms with Crippen molar-refractivity contribution in [2.24, 2.45) is 0 Å². The summed E-state index contributed by atoms with van der Waals surface area (Å²) in [6.45, 7) is 3.81. The molecule has 0 amide bonds. The third kappa shape index (κ3) is 2.73. The van der Waals surface area contributed by atoms with E-state index in [4.69, 9.17) is 0 Å². The molecule has 13 heavy (non-hydrogen) atoms. The van der Waals surface area contributed by atoms with Gasteiger partial charge in [-0.05, 0) is 26.0 Å².